The maximum Gasteiger partial charge on any atom is 0.345 e. The topological polar surface area (TPSA) is 66.1 Å². The molecule has 1 N–H and O–H groups in total. The first-order valence-corrected chi connectivity index (χ1v) is 7.86. The van der Waals surface area contributed by atoms with Crippen molar-refractivity contribution >= 4 is 17.2 Å². The molecule has 1 aliphatic rings. The van der Waals surface area contributed by atoms with Gasteiger partial charge in [-0.15, -0.1) is 11.3 Å². The van der Waals surface area contributed by atoms with E-state index in [4.69, 9.17) is 0 Å². The van der Waals surface area contributed by atoms with Gasteiger partial charge in [-0.3, -0.25) is 4.79 Å². The Labute approximate surface area is 126 Å². The lowest BCUT2D eigenvalue weighted by molar-refractivity contribution is 0.0710. The van der Waals surface area contributed by atoms with Crippen LogP contribution in [0.2, 0.25) is 0 Å². The number of amides is 1. The number of hydrogen-bond donors (Lipinski definition) is 1. The fraction of sp³-hybridized carbons (Fsp3) is 0.400. The lowest BCUT2D eigenvalue weighted by atomic mass is 9.94. The fourth-order valence-electron chi connectivity index (χ4n) is 2.74. The zero-order valence-electron chi connectivity index (χ0n) is 11.8. The zero-order valence-corrected chi connectivity index (χ0v) is 12.7. The van der Waals surface area contributed by atoms with E-state index in [1.165, 1.54) is 17.5 Å². The number of nitrogens with one attached hydrogen (secondary N) is 1. The lowest BCUT2D eigenvalue weighted by Crippen LogP contribution is -2.39. The minimum atomic E-state index is -0.329. The second-order valence-corrected chi connectivity index (χ2v) is 6.62. The Bertz CT molecular complexity index is 707. The van der Waals surface area contributed by atoms with Crippen LogP contribution in [0.1, 0.15) is 39.0 Å². The van der Waals surface area contributed by atoms with Gasteiger partial charge in [0.2, 0.25) is 0 Å². The highest BCUT2D eigenvalue weighted by atomic mass is 32.1. The van der Waals surface area contributed by atoms with Crippen molar-refractivity contribution in [3.05, 3.63) is 50.3 Å². The van der Waals surface area contributed by atoms with Gasteiger partial charge in [0, 0.05) is 35.8 Å². The summed E-state index contributed by atoms with van der Waals surface area (Å²) in [4.78, 5) is 34.1. The smallest absolute Gasteiger partial charge is 0.337 e. The van der Waals surface area contributed by atoms with E-state index in [9.17, 15) is 9.59 Å². The van der Waals surface area contributed by atoms with E-state index < -0.39 is 0 Å². The third kappa shape index (κ3) is 3.05. The number of aromatic nitrogens is 2. The number of nitrogens with zero attached hydrogens (tertiary/aromatic N) is 2. The van der Waals surface area contributed by atoms with Crippen LogP contribution in [0.15, 0.2) is 29.2 Å². The quantitative estimate of drug-likeness (QED) is 0.924. The molecule has 0 saturated carbocycles. The summed E-state index contributed by atoms with van der Waals surface area (Å²) in [7, 11) is 0. The van der Waals surface area contributed by atoms with Crippen molar-refractivity contribution in [1.82, 2.24) is 14.9 Å². The first kappa shape index (κ1) is 14.0. The van der Waals surface area contributed by atoms with Crippen LogP contribution in [0, 0.1) is 6.92 Å². The Morgan fingerprint density at radius 1 is 1.43 bits per heavy atom. The third-order valence-electron chi connectivity index (χ3n) is 3.80. The van der Waals surface area contributed by atoms with Gasteiger partial charge in [0.1, 0.15) is 0 Å². The monoisotopic (exact) mass is 303 g/mol. The number of aryl methyl sites for hydroxylation is 1. The molecule has 1 amide bonds. The number of thiophene rings is 1. The molecule has 0 aromatic carbocycles. The molecule has 5 nitrogen and oxygen atoms in total. The summed E-state index contributed by atoms with van der Waals surface area (Å²) in [5.41, 5.74) is 0.541. The van der Waals surface area contributed by atoms with E-state index in [1.807, 2.05) is 30.0 Å². The van der Waals surface area contributed by atoms with Gasteiger partial charge in [-0.25, -0.2) is 9.78 Å². The van der Waals surface area contributed by atoms with Gasteiger partial charge < -0.3 is 9.88 Å². The average molecular weight is 303 g/mol. The first-order valence-electron chi connectivity index (χ1n) is 7.04. The van der Waals surface area contributed by atoms with Crippen LogP contribution in [0.5, 0.6) is 0 Å². The Hall–Kier alpha value is -1.95. The summed E-state index contributed by atoms with van der Waals surface area (Å²) >= 11 is 1.53. The van der Waals surface area contributed by atoms with Crippen LogP contribution in [-0.2, 0) is 0 Å². The summed E-state index contributed by atoms with van der Waals surface area (Å²) in [6.07, 6.45) is 3.45. The van der Waals surface area contributed by atoms with E-state index in [-0.39, 0.29) is 17.5 Å². The van der Waals surface area contributed by atoms with Crippen molar-refractivity contribution in [2.75, 3.05) is 13.1 Å². The van der Waals surface area contributed by atoms with E-state index in [0.29, 0.717) is 6.54 Å². The molecule has 0 unspecified atom stereocenters. The minimum Gasteiger partial charge on any atom is -0.337 e. The molecule has 0 aliphatic carbocycles. The molecule has 1 aliphatic heterocycles. The standard InChI is InChI=1S/C15H17N3O2S/c1-10-4-5-13(21-10)14(19)18-8-2-3-11(9-18)12-6-7-16-15(20)17-12/h4-7,11H,2-3,8-9H2,1H3,(H,16,17,20)/t11-/m1/s1. The van der Waals surface area contributed by atoms with Gasteiger partial charge in [0.25, 0.3) is 5.91 Å². The number of rotatable bonds is 2. The van der Waals surface area contributed by atoms with Crippen molar-refractivity contribution in [3.8, 4) is 0 Å². The largest absolute Gasteiger partial charge is 0.345 e. The molecule has 0 bridgehead atoms. The Balaban J connectivity index is 1.77. The van der Waals surface area contributed by atoms with Crippen molar-refractivity contribution in [2.24, 2.45) is 0 Å². The van der Waals surface area contributed by atoms with Gasteiger partial charge in [-0.2, -0.15) is 0 Å². The highest BCUT2D eigenvalue weighted by molar-refractivity contribution is 7.13. The van der Waals surface area contributed by atoms with Gasteiger partial charge in [-0.05, 0) is 38.0 Å². The predicted octanol–water partition coefficient (Wildman–Crippen LogP) is 2.16. The zero-order chi connectivity index (χ0) is 14.8. The molecule has 2 aromatic heterocycles. The number of hydrogen-bond acceptors (Lipinski definition) is 4. The summed E-state index contributed by atoms with van der Waals surface area (Å²) in [6, 6.07) is 5.69. The van der Waals surface area contributed by atoms with Crippen molar-refractivity contribution in [1.29, 1.82) is 0 Å². The average Bonchev–Trinajstić information content (AvgIpc) is 2.93. The molecule has 1 atom stereocenters. The van der Waals surface area contributed by atoms with E-state index >= 15 is 0 Å². The maximum atomic E-state index is 12.5. The highest BCUT2D eigenvalue weighted by Crippen LogP contribution is 2.27. The lowest BCUT2D eigenvalue weighted by Gasteiger charge is -2.32. The third-order valence-corrected chi connectivity index (χ3v) is 4.79. The normalized spacial score (nSPS) is 18.7. The summed E-state index contributed by atoms with van der Waals surface area (Å²) in [5, 5.41) is 0. The molecule has 6 heteroatoms. The predicted molar refractivity (Wildman–Crippen MR) is 81.8 cm³/mol. The molecule has 0 radical (unpaired) electrons. The van der Waals surface area contributed by atoms with Crippen molar-refractivity contribution < 1.29 is 4.79 Å². The SMILES string of the molecule is Cc1ccc(C(=O)N2CCC[C@@H](c3ccnc(=O)[nH]3)C2)s1. The molecular weight excluding hydrogens is 286 g/mol. The van der Waals surface area contributed by atoms with Crippen LogP contribution in [0.3, 0.4) is 0 Å². The van der Waals surface area contributed by atoms with E-state index in [2.05, 4.69) is 9.97 Å². The van der Waals surface area contributed by atoms with Crippen molar-refractivity contribution in [2.45, 2.75) is 25.7 Å². The van der Waals surface area contributed by atoms with Gasteiger partial charge in [-0.1, -0.05) is 0 Å². The molecule has 110 valence electrons. The van der Waals surface area contributed by atoms with E-state index in [1.54, 1.807) is 0 Å². The number of piperidine rings is 1. The Kier molecular flexibility index (Phi) is 3.88. The van der Waals surface area contributed by atoms with Gasteiger partial charge >= 0.3 is 5.69 Å². The van der Waals surface area contributed by atoms with Crippen LogP contribution in [0.4, 0.5) is 0 Å². The van der Waals surface area contributed by atoms with Crippen LogP contribution >= 0.6 is 11.3 Å². The minimum absolute atomic E-state index is 0.0919. The molecule has 0 spiro atoms. The van der Waals surface area contributed by atoms with Crippen LogP contribution in [-0.4, -0.2) is 33.9 Å². The second kappa shape index (κ2) is 5.81. The van der Waals surface area contributed by atoms with E-state index in [0.717, 1.165) is 34.8 Å². The summed E-state index contributed by atoms with van der Waals surface area (Å²) < 4.78 is 0. The number of H-pyrrole nitrogens is 1. The van der Waals surface area contributed by atoms with Crippen molar-refractivity contribution in [3.63, 3.8) is 0 Å². The molecule has 21 heavy (non-hydrogen) atoms. The van der Waals surface area contributed by atoms with Gasteiger partial charge in [0.15, 0.2) is 0 Å². The number of carbonyl (C=O) groups is 1. The highest BCUT2D eigenvalue weighted by Gasteiger charge is 2.26. The Morgan fingerprint density at radius 3 is 3.00 bits per heavy atom. The summed E-state index contributed by atoms with van der Waals surface area (Å²) in [6.45, 7) is 3.43. The van der Waals surface area contributed by atoms with Crippen LogP contribution in [0.25, 0.3) is 0 Å². The number of carbonyl (C=O) groups excluding carboxylic acids is 1. The number of aromatic amines is 1. The molecule has 3 heterocycles. The molecular formula is C15H17N3O2S. The molecule has 1 fully saturated rings. The summed E-state index contributed by atoms with van der Waals surface area (Å²) in [5.74, 6) is 0.272. The number of likely N-dealkylation sites (tertiary alicyclic amines) is 1. The molecule has 2 aromatic rings. The van der Waals surface area contributed by atoms with Crippen LogP contribution < -0.4 is 5.69 Å². The first-order chi connectivity index (χ1) is 10.1. The van der Waals surface area contributed by atoms with Gasteiger partial charge in [0.05, 0.1) is 4.88 Å². The maximum absolute atomic E-state index is 12.5. The fourth-order valence-corrected chi connectivity index (χ4v) is 3.58. The molecule has 1 saturated heterocycles. The molecule has 3 rings (SSSR count). The second-order valence-electron chi connectivity index (χ2n) is 5.33. The Morgan fingerprint density at radius 2 is 2.29 bits per heavy atom.